The highest BCUT2D eigenvalue weighted by Gasteiger charge is 1.97. The lowest BCUT2D eigenvalue weighted by atomic mass is 10.3. The first-order valence-electron chi connectivity index (χ1n) is 5.51. The quantitative estimate of drug-likeness (QED) is 0.839. The standard InChI is InChI=1S/C13H15N3O/c1-10-3-2-4-12(16-10)8-14-7-11-5-6-13(17)9-15-11/h2-6,9,14,17H,7-8H2,1H3. The minimum absolute atomic E-state index is 0.189. The van der Waals surface area contributed by atoms with Gasteiger partial charge in [0, 0.05) is 18.8 Å². The minimum Gasteiger partial charge on any atom is -0.506 e. The Morgan fingerprint density at radius 2 is 1.94 bits per heavy atom. The van der Waals surface area contributed by atoms with Crippen molar-refractivity contribution in [3.63, 3.8) is 0 Å². The Morgan fingerprint density at radius 1 is 1.12 bits per heavy atom. The van der Waals surface area contributed by atoms with Crippen LogP contribution in [0.25, 0.3) is 0 Å². The maximum Gasteiger partial charge on any atom is 0.133 e. The molecule has 0 aliphatic heterocycles. The van der Waals surface area contributed by atoms with E-state index in [2.05, 4.69) is 15.3 Å². The van der Waals surface area contributed by atoms with E-state index in [9.17, 15) is 0 Å². The molecule has 4 heteroatoms. The van der Waals surface area contributed by atoms with Gasteiger partial charge in [-0.15, -0.1) is 0 Å². The van der Waals surface area contributed by atoms with Gasteiger partial charge in [0.1, 0.15) is 5.75 Å². The second kappa shape index (κ2) is 5.41. The van der Waals surface area contributed by atoms with Gasteiger partial charge < -0.3 is 10.4 Å². The summed E-state index contributed by atoms with van der Waals surface area (Å²) in [5.74, 6) is 0.189. The predicted octanol–water partition coefficient (Wildman–Crippen LogP) is 1.78. The van der Waals surface area contributed by atoms with Crippen LogP contribution in [0.4, 0.5) is 0 Å². The summed E-state index contributed by atoms with van der Waals surface area (Å²) in [7, 11) is 0. The summed E-state index contributed by atoms with van der Waals surface area (Å²) in [5.41, 5.74) is 2.94. The first-order valence-corrected chi connectivity index (χ1v) is 5.51. The zero-order valence-corrected chi connectivity index (χ0v) is 9.72. The summed E-state index contributed by atoms with van der Waals surface area (Å²) in [6.45, 7) is 3.35. The molecule has 0 radical (unpaired) electrons. The molecule has 0 aliphatic carbocycles. The predicted molar refractivity (Wildman–Crippen MR) is 65.4 cm³/mol. The molecule has 88 valence electrons. The van der Waals surface area contributed by atoms with Crippen molar-refractivity contribution in [2.75, 3.05) is 0 Å². The topological polar surface area (TPSA) is 58.0 Å². The van der Waals surface area contributed by atoms with Crippen molar-refractivity contribution in [2.45, 2.75) is 20.0 Å². The van der Waals surface area contributed by atoms with E-state index < -0.39 is 0 Å². The smallest absolute Gasteiger partial charge is 0.133 e. The molecule has 2 rings (SSSR count). The van der Waals surface area contributed by atoms with Crippen molar-refractivity contribution >= 4 is 0 Å². The lowest BCUT2D eigenvalue weighted by Gasteiger charge is -2.04. The average molecular weight is 229 g/mol. The van der Waals surface area contributed by atoms with Crippen LogP contribution in [-0.2, 0) is 13.1 Å². The summed E-state index contributed by atoms with van der Waals surface area (Å²) in [5, 5.41) is 12.4. The minimum atomic E-state index is 0.189. The number of rotatable bonds is 4. The Morgan fingerprint density at radius 3 is 2.65 bits per heavy atom. The van der Waals surface area contributed by atoms with Crippen LogP contribution in [0, 0.1) is 6.92 Å². The summed E-state index contributed by atoms with van der Waals surface area (Å²) < 4.78 is 0. The van der Waals surface area contributed by atoms with Crippen LogP contribution in [0.1, 0.15) is 17.1 Å². The molecule has 17 heavy (non-hydrogen) atoms. The van der Waals surface area contributed by atoms with Gasteiger partial charge in [-0.05, 0) is 31.2 Å². The monoisotopic (exact) mass is 229 g/mol. The molecule has 2 aromatic heterocycles. The highest BCUT2D eigenvalue weighted by molar-refractivity contribution is 5.18. The Hall–Kier alpha value is -1.94. The number of nitrogens with one attached hydrogen (secondary N) is 1. The van der Waals surface area contributed by atoms with E-state index in [1.165, 1.54) is 6.20 Å². The van der Waals surface area contributed by atoms with E-state index in [1.807, 2.05) is 25.1 Å². The normalized spacial score (nSPS) is 10.4. The second-order valence-corrected chi connectivity index (χ2v) is 3.88. The Balaban J connectivity index is 1.85. The largest absolute Gasteiger partial charge is 0.506 e. The van der Waals surface area contributed by atoms with Crippen molar-refractivity contribution < 1.29 is 5.11 Å². The summed E-state index contributed by atoms with van der Waals surface area (Å²) in [6, 6.07) is 9.40. The lowest BCUT2D eigenvalue weighted by Crippen LogP contribution is -2.14. The summed E-state index contributed by atoms with van der Waals surface area (Å²) in [6.07, 6.45) is 1.45. The summed E-state index contributed by atoms with van der Waals surface area (Å²) in [4.78, 5) is 8.49. The van der Waals surface area contributed by atoms with Crippen molar-refractivity contribution in [3.05, 3.63) is 53.6 Å². The van der Waals surface area contributed by atoms with Gasteiger partial charge in [-0.1, -0.05) is 6.07 Å². The maximum absolute atomic E-state index is 9.10. The molecular formula is C13H15N3O. The highest BCUT2D eigenvalue weighted by atomic mass is 16.3. The average Bonchev–Trinajstić information content (AvgIpc) is 2.32. The third-order valence-electron chi connectivity index (χ3n) is 2.37. The van der Waals surface area contributed by atoms with Crippen LogP contribution >= 0.6 is 0 Å². The van der Waals surface area contributed by atoms with Gasteiger partial charge in [-0.3, -0.25) is 9.97 Å². The van der Waals surface area contributed by atoms with E-state index in [4.69, 9.17) is 5.11 Å². The van der Waals surface area contributed by atoms with Crippen molar-refractivity contribution in [1.29, 1.82) is 0 Å². The second-order valence-electron chi connectivity index (χ2n) is 3.88. The Labute approximate surface area is 100 Å². The molecule has 0 bridgehead atoms. The summed E-state index contributed by atoms with van der Waals surface area (Å²) >= 11 is 0. The maximum atomic E-state index is 9.10. The fourth-order valence-corrected chi connectivity index (χ4v) is 1.54. The molecule has 0 atom stereocenters. The molecular weight excluding hydrogens is 214 g/mol. The SMILES string of the molecule is Cc1cccc(CNCc2ccc(O)cn2)n1. The fraction of sp³-hybridized carbons (Fsp3) is 0.231. The molecule has 0 saturated carbocycles. The van der Waals surface area contributed by atoms with Gasteiger partial charge in [-0.2, -0.15) is 0 Å². The number of aryl methyl sites for hydroxylation is 1. The molecule has 2 heterocycles. The molecule has 0 amide bonds. The molecule has 0 unspecified atom stereocenters. The van der Waals surface area contributed by atoms with Gasteiger partial charge in [0.25, 0.3) is 0 Å². The highest BCUT2D eigenvalue weighted by Crippen LogP contribution is 2.05. The zero-order chi connectivity index (χ0) is 12.1. The van der Waals surface area contributed by atoms with Gasteiger partial charge in [-0.25, -0.2) is 0 Å². The first-order chi connectivity index (χ1) is 8.24. The van der Waals surface area contributed by atoms with Crippen molar-refractivity contribution in [3.8, 4) is 5.75 Å². The Bertz CT molecular complexity index is 482. The molecule has 0 aliphatic rings. The molecule has 0 aromatic carbocycles. The number of hydrogen-bond donors (Lipinski definition) is 2. The van der Waals surface area contributed by atoms with Gasteiger partial charge in [0.2, 0.25) is 0 Å². The third-order valence-corrected chi connectivity index (χ3v) is 2.37. The van der Waals surface area contributed by atoms with Gasteiger partial charge in [0.15, 0.2) is 0 Å². The Kier molecular flexibility index (Phi) is 3.67. The van der Waals surface area contributed by atoms with E-state index in [-0.39, 0.29) is 5.75 Å². The van der Waals surface area contributed by atoms with Gasteiger partial charge >= 0.3 is 0 Å². The van der Waals surface area contributed by atoms with Crippen LogP contribution < -0.4 is 5.32 Å². The van der Waals surface area contributed by atoms with Crippen molar-refractivity contribution in [1.82, 2.24) is 15.3 Å². The first kappa shape index (κ1) is 11.5. The molecule has 0 saturated heterocycles. The van der Waals surface area contributed by atoms with Crippen LogP contribution in [0.2, 0.25) is 0 Å². The lowest BCUT2D eigenvalue weighted by molar-refractivity contribution is 0.471. The van der Waals surface area contributed by atoms with Crippen LogP contribution in [0.15, 0.2) is 36.5 Å². The number of pyridine rings is 2. The van der Waals surface area contributed by atoms with Crippen LogP contribution in [0.5, 0.6) is 5.75 Å². The number of nitrogens with zero attached hydrogens (tertiary/aromatic N) is 2. The molecule has 4 nitrogen and oxygen atoms in total. The van der Waals surface area contributed by atoms with Crippen LogP contribution in [-0.4, -0.2) is 15.1 Å². The zero-order valence-electron chi connectivity index (χ0n) is 9.72. The number of aromatic nitrogens is 2. The number of hydrogen-bond acceptors (Lipinski definition) is 4. The molecule has 0 fully saturated rings. The fourth-order valence-electron chi connectivity index (χ4n) is 1.54. The van der Waals surface area contributed by atoms with E-state index in [1.54, 1.807) is 12.1 Å². The van der Waals surface area contributed by atoms with Crippen LogP contribution in [0.3, 0.4) is 0 Å². The third kappa shape index (κ3) is 3.53. The molecule has 2 aromatic rings. The number of aromatic hydroxyl groups is 1. The van der Waals surface area contributed by atoms with Gasteiger partial charge in [0.05, 0.1) is 17.6 Å². The van der Waals surface area contributed by atoms with E-state index in [0.717, 1.165) is 17.1 Å². The molecule has 2 N–H and O–H groups in total. The van der Waals surface area contributed by atoms with Crippen molar-refractivity contribution in [2.24, 2.45) is 0 Å². The molecule has 0 spiro atoms. The van der Waals surface area contributed by atoms with E-state index in [0.29, 0.717) is 13.1 Å². The van der Waals surface area contributed by atoms with E-state index >= 15 is 0 Å².